The van der Waals surface area contributed by atoms with Gasteiger partial charge in [0.25, 0.3) is 0 Å². The Bertz CT molecular complexity index is 498. The van der Waals surface area contributed by atoms with Gasteiger partial charge < -0.3 is 15.2 Å². The van der Waals surface area contributed by atoms with E-state index in [9.17, 15) is 9.59 Å². The molecule has 1 aliphatic heterocycles. The van der Waals surface area contributed by atoms with Gasteiger partial charge in [0, 0.05) is 18.8 Å². The molecule has 5 nitrogen and oxygen atoms in total. The van der Waals surface area contributed by atoms with E-state index in [1.807, 2.05) is 19.1 Å². The number of carboxylic acid groups (broad SMARTS) is 1. The number of fused-ring (bicyclic) bond motifs is 1. The molecule has 0 saturated heterocycles. The molecule has 18 heavy (non-hydrogen) atoms. The number of anilines is 1. The molecule has 0 saturated carbocycles. The number of ether oxygens (including phenoxy) is 1. The third kappa shape index (κ3) is 2.16. The lowest BCUT2D eigenvalue weighted by Crippen LogP contribution is -2.32. The van der Waals surface area contributed by atoms with Crippen LogP contribution in [0.3, 0.4) is 0 Å². The first-order valence-electron chi connectivity index (χ1n) is 5.78. The molecule has 5 heteroatoms. The number of carboxylic acids is 1. The van der Waals surface area contributed by atoms with Crippen molar-refractivity contribution in [1.29, 1.82) is 0 Å². The van der Waals surface area contributed by atoms with Crippen molar-refractivity contribution in [3.8, 4) is 5.75 Å². The minimum atomic E-state index is -0.987. The lowest BCUT2D eigenvalue weighted by molar-refractivity contribution is -0.148. The topological polar surface area (TPSA) is 75.6 Å². The van der Waals surface area contributed by atoms with Crippen LogP contribution in [0.4, 0.5) is 5.69 Å². The van der Waals surface area contributed by atoms with E-state index in [1.54, 1.807) is 13.1 Å². The van der Waals surface area contributed by atoms with E-state index in [-0.39, 0.29) is 12.3 Å². The van der Waals surface area contributed by atoms with Crippen molar-refractivity contribution in [2.45, 2.75) is 19.3 Å². The van der Waals surface area contributed by atoms with Crippen LogP contribution in [0.25, 0.3) is 0 Å². The quantitative estimate of drug-likeness (QED) is 0.631. The van der Waals surface area contributed by atoms with E-state index in [4.69, 9.17) is 9.84 Å². The molecule has 2 rings (SSSR count). The van der Waals surface area contributed by atoms with Crippen molar-refractivity contribution in [1.82, 2.24) is 0 Å². The van der Waals surface area contributed by atoms with Gasteiger partial charge >= 0.3 is 11.9 Å². The average Bonchev–Trinajstić information content (AvgIpc) is 2.33. The molecule has 0 spiro atoms. The van der Waals surface area contributed by atoms with Crippen LogP contribution in [-0.4, -0.2) is 24.1 Å². The van der Waals surface area contributed by atoms with Crippen molar-refractivity contribution in [3.63, 3.8) is 0 Å². The van der Waals surface area contributed by atoms with Crippen LogP contribution in [-0.2, 0) is 9.59 Å². The number of esters is 1. The molecule has 96 valence electrons. The average molecular weight is 249 g/mol. The van der Waals surface area contributed by atoms with Crippen LogP contribution < -0.4 is 10.1 Å². The first kappa shape index (κ1) is 12.4. The van der Waals surface area contributed by atoms with Crippen LogP contribution in [0.15, 0.2) is 18.2 Å². The molecule has 1 aliphatic rings. The van der Waals surface area contributed by atoms with Gasteiger partial charge in [-0.2, -0.15) is 0 Å². The zero-order valence-electron chi connectivity index (χ0n) is 10.3. The third-order valence-electron chi connectivity index (χ3n) is 3.30. The Balaban J connectivity index is 2.35. The van der Waals surface area contributed by atoms with Crippen LogP contribution in [0, 0.1) is 5.92 Å². The predicted molar refractivity (Wildman–Crippen MR) is 65.8 cm³/mol. The Morgan fingerprint density at radius 3 is 2.83 bits per heavy atom. The maximum absolute atomic E-state index is 11.8. The Morgan fingerprint density at radius 2 is 2.22 bits per heavy atom. The predicted octanol–water partition coefficient (Wildman–Crippen LogP) is 1.84. The van der Waals surface area contributed by atoms with Gasteiger partial charge in [-0.05, 0) is 17.5 Å². The molecule has 0 aliphatic carbocycles. The van der Waals surface area contributed by atoms with E-state index in [2.05, 4.69) is 5.32 Å². The van der Waals surface area contributed by atoms with Crippen LogP contribution in [0.5, 0.6) is 5.75 Å². The smallest absolute Gasteiger partial charge is 0.315 e. The van der Waals surface area contributed by atoms with Gasteiger partial charge in [0.05, 0.1) is 12.3 Å². The van der Waals surface area contributed by atoms with E-state index >= 15 is 0 Å². The normalized spacial score (nSPS) is 22.0. The monoisotopic (exact) mass is 249 g/mol. The lowest BCUT2D eigenvalue weighted by Gasteiger charge is -2.28. The number of nitrogens with one attached hydrogen (secondary N) is 1. The van der Waals surface area contributed by atoms with E-state index < -0.39 is 17.9 Å². The summed E-state index contributed by atoms with van der Waals surface area (Å²) >= 11 is 0. The van der Waals surface area contributed by atoms with Gasteiger partial charge in [0.15, 0.2) is 0 Å². The number of hydrogen-bond donors (Lipinski definition) is 2. The van der Waals surface area contributed by atoms with Gasteiger partial charge in [-0.15, -0.1) is 0 Å². The molecule has 1 heterocycles. The Labute approximate surface area is 105 Å². The Hall–Kier alpha value is -2.04. The lowest BCUT2D eigenvalue weighted by atomic mass is 9.83. The zero-order chi connectivity index (χ0) is 13.3. The minimum absolute atomic E-state index is 0.150. The zero-order valence-corrected chi connectivity index (χ0v) is 10.3. The molecule has 2 atom stereocenters. The highest BCUT2D eigenvalue weighted by Crippen LogP contribution is 2.40. The second-order valence-corrected chi connectivity index (χ2v) is 4.42. The maximum atomic E-state index is 11.8. The Morgan fingerprint density at radius 1 is 1.50 bits per heavy atom. The van der Waals surface area contributed by atoms with E-state index in [1.165, 1.54) is 0 Å². The van der Waals surface area contributed by atoms with Crippen LogP contribution in [0.1, 0.15) is 24.8 Å². The highest BCUT2D eigenvalue weighted by atomic mass is 16.5. The molecular formula is C13H15NO4. The second kappa shape index (κ2) is 4.68. The van der Waals surface area contributed by atoms with Crippen LogP contribution >= 0.6 is 0 Å². The first-order chi connectivity index (χ1) is 8.52. The van der Waals surface area contributed by atoms with Crippen molar-refractivity contribution < 1.29 is 19.4 Å². The number of hydrogen-bond acceptors (Lipinski definition) is 4. The fourth-order valence-electron chi connectivity index (χ4n) is 2.21. The number of rotatable bonds is 3. The summed E-state index contributed by atoms with van der Waals surface area (Å²) < 4.78 is 5.22. The molecule has 0 aromatic heterocycles. The highest BCUT2D eigenvalue weighted by Gasteiger charge is 2.36. The maximum Gasteiger partial charge on any atom is 0.315 e. The SMILES string of the molecule is CNc1ccc2c(c1)OC(=O)C(CC(=O)O)C2C. The fraction of sp³-hybridized carbons (Fsp3) is 0.385. The number of carbonyl (C=O) groups is 2. The fourth-order valence-corrected chi connectivity index (χ4v) is 2.21. The molecule has 1 aromatic carbocycles. The molecule has 0 radical (unpaired) electrons. The van der Waals surface area contributed by atoms with Crippen molar-refractivity contribution in [2.75, 3.05) is 12.4 Å². The summed E-state index contributed by atoms with van der Waals surface area (Å²) in [5, 5.41) is 11.8. The van der Waals surface area contributed by atoms with Crippen molar-refractivity contribution >= 4 is 17.6 Å². The Kier molecular flexibility index (Phi) is 3.23. The van der Waals surface area contributed by atoms with Crippen molar-refractivity contribution in [2.24, 2.45) is 5.92 Å². The summed E-state index contributed by atoms with van der Waals surface area (Å²) in [7, 11) is 1.78. The summed E-state index contributed by atoms with van der Waals surface area (Å²) in [6, 6.07) is 5.50. The highest BCUT2D eigenvalue weighted by molar-refractivity contribution is 5.84. The molecule has 0 amide bonds. The number of benzene rings is 1. The number of aliphatic carboxylic acids is 1. The third-order valence-corrected chi connectivity index (χ3v) is 3.30. The largest absolute Gasteiger partial charge is 0.481 e. The standard InChI is InChI=1S/C13H15NO4/c1-7-9-4-3-8(14-2)5-11(9)18-13(17)10(7)6-12(15)16/h3-5,7,10,14H,6H2,1-2H3,(H,15,16). The van der Waals surface area contributed by atoms with Gasteiger partial charge in [0.1, 0.15) is 5.75 Å². The summed E-state index contributed by atoms with van der Waals surface area (Å²) in [5.41, 5.74) is 1.73. The second-order valence-electron chi connectivity index (χ2n) is 4.42. The molecule has 2 unspecified atom stereocenters. The van der Waals surface area contributed by atoms with Crippen LogP contribution in [0.2, 0.25) is 0 Å². The first-order valence-corrected chi connectivity index (χ1v) is 5.78. The summed E-state index contributed by atoms with van der Waals surface area (Å²) in [4.78, 5) is 22.5. The molecule has 1 aromatic rings. The minimum Gasteiger partial charge on any atom is -0.481 e. The summed E-state index contributed by atoms with van der Waals surface area (Å²) in [6.07, 6.45) is -0.201. The van der Waals surface area contributed by atoms with Gasteiger partial charge in [0.2, 0.25) is 0 Å². The molecular weight excluding hydrogens is 234 g/mol. The van der Waals surface area contributed by atoms with Gasteiger partial charge in [-0.1, -0.05) is 13.0 Å². The molecule has 0 bridgehead atoms. The summed E-state index contributed by atoms with van der Waals surface area (Å²) in [6.45, 7) is 1.85. The van der Waals surface area contributed by atoms with Gasteiger partial charge in [-0.3, -0.25) is 9.59 Å². The number of carbonyl (C=O) groups excluding carboxylic acids is 1. The van der Waals surface area contributed by atoms with Crippen molar-refractivity contribution in [3.05, 3.63) is 23.8 Å². The van der Waals surface area contributed by atoms with Gasteiger partial charge in [-0.25, -0.2) is 0 Å². The van der Waals surface area contributed by atoms with E-state index in [0.29, 0.717) is 5.75 Å². The molecule has 2 N–H and O–H groups in total. The van der Waals surface area contributed by atoms with E-state index in [0.717, 1.165) is 11.3 Å². The summed E-state index contributed by atoms with van der Waals surface area (Å²) in [5.74, 6) is -1.70. The molecule has 0 fully saturated rings.